The Morgan fingerprint density at radius 1 is 1.48 bits per heavy atom. The smallest absolute Gasteiger partial charge is 0.328 e. The van der Waals surface area contributed by atoms with Gasteiger partial charge in [0.15, 0.2) is 0 Å². The molecule has 1 saturated heterocycles. The lowest BCUT2D eigenvalue weighted by atomic mass is 10.1. The summed E-state index contributed by atoms with van der Waals surface area (Å²) in [6.45, 7) is 3.86. The fourth-order valence-electron chi connectivity index (χ4n) is 2.73. The summed E-state index contributed by atoms with van der Waals surface area (Å²) in [7, 11) is 0. The third kappa shape index (κ3) is 3.66. The first-order chi connectivity index (χ1) is 10.0. The van der Waals surface area contributed by atoms with Crippen LogP contribution < -0.4 is 10.2 Å². The van der Waals surface area contributed by atoms with E-state index in [1.54, 1.807) is 4.90 Å². The van der Waals surface area contributed by atoms with Crippen molar-refractivity contribution in [1.82, 2.24) is 5.32 Å². The quantitative estimate of drug-likeness (QED) is 0.648. The van der Waals surface area contributed by atoms with Crippen LogP contribution in [0.15, 0.2) is 12.1 Å². The molecule has 5 nitrogen and oxygen atoms in total. The van der Waals surface area contributed by atoms with E-state index in [2.05, 4.69) is 5.32 Å². The fraction of sp³-hybridized carbons (Fsp3) is 0.571. The zero-order valence-corrected chi connectivity index (χ0v) is 11.9. The highest BCUT2D eigenvalue weighted by atomic mass is 19.1. The minimum absolute atomic E-state index is 0.0213. The number of hydrogen-bond acceptors (Lipinski definition) is 4. The van der Waals surface area contributed by atoms with Crippen molar-refractivity contribution in [2.45, 2.75) is 32.2 Å². The van der Waals surface area contributed by atoms with Crippen molar-refractivity contribution in [3.05, 3.63) is 33.9 Å². The van der Waals surface area contributed by atoms with Gasteiger partial charge in [-0.15, -0.1) is 0 Å². The Labute approximate surface area is 122 Å². The maximum atomic E-state index is 13.8. The second kappa shape index (κ2) is 6.80. The van der Waals surface area contributed by atoms with Gasteiger partial charge in [-0.3, -0.25) is 10.1 Å². The first-order valence-corrected chi connectivity index (χ1v) is 7.14. The first-order valence-electron chi connectivity index (χ1n) is 7.14. The SMILES string of the molecule is CCCN(CC1CCCN1)c1cc(F)cc(F)c1[N+](=O)[O-]. The maximum Gasteiger partial charge on any atom is 0.328 e. The standard InChI is InChI=1S/C14H19F2N3O2/c1-2-6-18(9-11-4-3-5-17-11)13-8-10(15)7-12(16)14(13)19(20)21/h7-8,11,17H,2-6,9H2,1H3. The molecule has 0 aromatic heterocycles. The molecule has 2 rings (SSSR count). The minimum atomic E-state index is -1.13. The van der Waals surface area contributed by atoms with Gasteiger partial charge in [-0.25, -0.2) is 4.39 Å². The van der Waals surface area contributed by atoms with Crippen LogP contribution in [-0.2, 0) is 0 Å². The number of hydrogen-bond donors (Lipinski definition) is 1. The molecule has 116 valence electrons. The van der Waals surface area contributed by atoms with Crippen LogP contribution in [-0.4, -0.2) is 30.6 Å². The molecule has 1 unspecified atom stereocenters. The van der Waals surface area contributed by atoms with Gasteiger partial charge in [0, 0.05) is 31.3 Å². The van der Waals surface area contributed by atoms with Gasteiger partial charge in [-0.1, -0.05) is 6.92 Å². The Kier molecular flexibility index (Phi) is 5.06. The van der Waals surface area contributed by atoms with Crippen molar-refractivity contribution in [3.63, 3.8) is 0 Å². The van der Waals surface area contributed by atoms with E-state index >= 15 is 0 Å². The van der Waals surface area contributed by atoms with Gasteiger partial charge in [-0.2, -0.15) is 4.39 Å². The Morgan fingerprint density at radius 3 is 2.81 bits per heavy atom. The molecule has 0 spiro atoms. The van der Waals surface area contributed by atoms with E-state index in [-0.39, 0.29) is 11.7 Å². The van der Waals surface area contributed by atoms with Gasteiger partial charge in [0.1, 0.15) is 11.5 Å². The molecule has 1 atom stereocenters. The molecule has 1 aromatic rings. The minimum Gasteiger partial charge on any atom is -0.364 e. The second-order valence-corrected chi connectivity index (χ2v) is 5.25. The number of nitro benzene ring substituents is 1. The summed E-state index contributed by atoms with van der Waals surface area (Å²) in [4.78, 5) is 12.0. The molecule has 1 aliphatic rings. The predicted molar refractivity (Wildman–Crippen MR) is 76.5 cm³/mol. The summed E-state index contributed by atoms with van der Waals surface area (Å²) in [6, 6.07) is 1.80. The first kappa shape index (κ1) is 15.6. The molecule has 21 heavy (non-hydrogen) atoms. The van der Waals surface area contributed by atoms with Crippen LogP contribution in [0.4, 0.5) is 20.2 Å². The van der Waals surface area contributed by atoms with Crippen LogP contribution in [0.5, 0.6) is 0 Å². The van der Waals surface area contributed by atoms with Crippen LogP contribution >= 0.6 is 0 Å². The van der Waals surface area contributed by atoms with Gasteiger partial charge >= 0.3 is 5.69 Å². The molecule has 1 aliphatic heterocycles. The number of nitro groups is 1. The Hall–Kier alpha value is -1.76. The van der Waals surface area contributed by atoms with Crippen LogP contribution in [0.25, 0.3) is 0 Å². The zero-order chi connectivity index (χ0) is 15.4. The predicted octanol–water partition coefficient (Wildman–Crippen LogP) is 2.84. The Bertz CT molecular complexity index is 519. The van der Waals surface area contributed by atoms with Gasteiger partial charge in [-0.05, 0) is 25.8 Å². The average Bonchev–Trinajstić information content (AvgIpc) is 2.89. The van der Waals surface area contributed by atoms with Crippen molar-refractivity contribution in [2.24, 2.45) is 0 Å². The summed E-state index contributed by atoms with van der Waals surface area (Å²) >= 11 is 0. The van der Waals surface area contributed by atoms with E-state index in [1.165, 1.54) is 0 Å². The number of nitrogens with one attached hydrogen (secondary N) is 1. The largest absolute Gasteiger partial charge is 0.364 e. The van der Waals surface area contributed by atoms with Crippen molar-refractivity contribution in [2.75, 3.05) is 24.5 Å². The lowest BCUT2D eigenvalue weighted by molar-refractivity contribution is -0.386. The highest BCUT2D eigenvalue weighted by Gasteiger charge is 2.27. The van der Waals surface area contributed by atoms with Gasteiger partial charge in [0.25, 0.3) is 0 Å². The lowest BCUT2D eigenvalue weighted by Gasteiger charge is -2.27. The van der Waals surface area contributed by atoms with Crippen molar-refractivity contribution in [3.8, 4) is 0 Å². The van der Waals surface area contributed by atoms with Crippen molar-refractivity contribution in [1.29, 1.82) is 0 Å². The van der Waals surface area contributed by atoms with Gasteiger partial charge in [0.2, 0.25) is 5.82 Å². The van der Waals surface area contributed by atoms with E-state index in [1.807, 2.05) is 6.92 Å². The molecular formula is C14H19F2N3O2. The molecule has 1 N–H and O–H groups in total. The molecule has 0 amide bonds. The van der Waals surface area contributed by atoms with E-state index in [0.29, 0.717) is 19.2 Å². The molecule has 1 aromatic carbocycles. The zero-order valence-electron chi connectivity index (χ0n) is 11.9. The molecule has 7 heteroatoms. The van der Waals surface area contributed by atoms with Crippen molar-refractivity contribution < 1.29 is 13.7 Å². The third-order valence-electron chi connectivity index (χ3n) is 3.63. The summed E-state index contributed by atoms with van der Waals surface area (Å²) < 4.78 is 27.2. The average molecular weight is 299 g/mol. The Balaban J connectivity index is 2.35. The number of rotatable bonds is 6. The number of halogens is 2. The number of anilines is 1. The molecule has 1 heterocycles. The van der Waals surface area contributed by atoms with Gasteiger partial charge < -0.3 is 10.2 Å². The van der Waals surface area contributed by atoms with E-state index < -0.39 is 22.2 Å². The fourth-order valence-corrected chi connectivity index (χ4v) is 2.73. The highest BCUT2D eigenvalue weighted by Crippen LogP contribution is 2.32. The van der Waals surface area contributed by atoms with Crippen LogP contribution in [0.2, 0.25) is 0 Å². The monoisotopic (exact) mass is 299 g/mol. The summed E-state index contributed by atoms with van der Waals surface area (Å²) in [5.74, 6) is -1.93. The normalized spacial score (nSPS) is 18.0. The van der Waals surface area contributed by atoms with E-state index in [4.69, 9.17) is 0 Å². The maximum absolute atomic E-state index is 13.8. The molecule has 1 fully saturated rings. The third-order valence-corrected chi connectivity index (χ3v) is 3.63. The number of nitrogens with zero attached hydrogens (tertiary/aromatic N) is 2. The topological polar surface area (TPSA) is 58.4 Å². The summed E-state index contributed by atoms with van der Waals surface area (Å²) in [5.41, 5.74) is -0.629. The molecule has 0 bridgehead atoms. The highest BCUT2D eigenvalue weighted by molar-refractivity contribution is 5.64. The molecular weight excluding hydrogens is 280 g/mol. The van der Waals surface area contributed by atoms with Crippen molar-refractivity contribution >= 4 is 11.4 Å². The van der Waals surface area contributed by atoms with Crippen LogP contribution in [0.1, 0.15) is 26.2 Å². The summed E-state index contributed by atoms with van der Waals surface area (Å²) in [5, 5.41) is 14.4. The van der Waals surface area contributed by atoms with E-state index in [0.717, 1.165) is 31.9 Å². The van der Waals surface area contributed by atoms with Crippen LogP contribution in [0.3, 0.4) is 0 Å². The second-order valence-electron chi connectivity index (χ2n) is 5.25. The molecule has 0 saturated carbocycles. The lowest BCUT2D eigenvalue weighted by Crippen LogP contribution is -2.38. The molecule has 0 radical (unpaired) electrons. The van der Waals surface area contributed by atoms with E-state index in [9.17, 15) is 18.9 Å². The Morgan fingerprint density at radius 2 is 2.24 bits per heavy atom. The summed E-state index contributed by atoms with van der Waals surface area (Å²) in [6.07, 6.45) is 2.75. The van der Waals surface area contributed by atoms with Crippen LogP contribution in [0, 0.1) is 21.7 Å². The molecule has 0 aliphatic carbocycles. The van der Waals surface area contributed by atoms with Gasteiger partial charge in [0.05, 0.1) is 4.92 Å². The number of benzene rings is 1.